The van der Waals surface area contributed by atoms with Gasteiger partial charge >= 0.3 is 6.03 Å². The molecule has 1 aliphatic heterocycles. The lowest BCUT2D eigenvalue weighted by Crippen LogP contribution is -2.51. The molecule has 4 heteroatoms. The van der Waals surface area contributed by atoms with E-state index in [1.54, 1.807) is 6.07 Å². The van der Waals surface area contributed by atoms with Gasteiger partial charge in [-0.25, -0.2) is 4.79 Å². The molecule has 1 aromatic carbocycles. The topological polar surface area (TPSA) is 58.4 Å². The predicted octanol–water partition coefficient (Wildman–Crippen LogP) is 3.46. The first-order valence-corrected chi connectivity index (χ1v) is 7.67. The summed E-state index contributed by atoms with van der Waals surface area (Å²) in [5, 5.41) is 2.99. The Bertz CT molecular complexity index is 486. The van der Waals surface area contributed by atoms with Gasteiger partial charge < -0.3 is 16.0 Å². The maximum atomic E-state index is 12.5. The fraction of sp³-hybridized carbons (Fsp3) is 0.562. The van der Waals surface area contributed by atoms with Crippen LogP contribution in [0, 0.1) is 5.92 Å². The summed E-state index contributed by atoms with van der Waals surface area (Å²) in [5.74, 6) is 0.712. The van der Waals surface area contributed by atoms with E-state index in [4.69, 9.17) is 5.73 Å². The third kappa shape index (κ3) is 2.74. The van der Waals surface area contributed by atoms with Gasteiger partial charge in [-0.1, -0.05) is 18.9 Å². The highest BCUT2D eigenvalue weighted by molar-refractivity contribution is 5.90. The molecule has 0 radical (unpaired) electrons. The molecule has 3 rings (SSSR count). The third-order valence-electron chi connectivity index (χ3n) is 4.64. The Kier molecular flexibility index (Phi) is 3.81. The molecule has 1 heterocycles. The van der Waals surface area contributed by atoms with Crippen LogP contribution in [-0.4, -0.2) is 23.5 Å². The SMILES string of the molecule is Nc1cccc(NC(=O)N2CCCC3CCCCC32)c1. The summed E-state index contributed by atoms with van der Waals surface area (Å²) in [5.41, 5.74) is 7.22. The summed E-state index contributed by atoms with van der Waals surface area (Å²) in [6.07, 6.45) is 7.44. The Morgan fingerprint density at radius 1 is 1.20 bits per heavy atom. The minimum absolute atomic E-state index is 0.0344. The van der Waals surface area contributed by atoms with Gasteiger partial charge in [0.05, 0.1) is 0 Å². The van der Waals surface area contributed by atoms with Crippen LogP contribution in [0.5, 0.6) is 0 Å². The van der Waals surface area contributed by atoms with E-state index in [1.807, 2.05) is 18.2 Å². The highest BCUT2D eigenvalue weighted by atomic mass is 16.2. The van der Waals surface area contributed by atoms with Crippen molar-refractivity contribution in [2.24, 2.45) is 5.92 Å². The van der Waals surface area contributed by atoms with Gasteiger partial charge in [0.1, 0.15) is 0 Å². The average Bonchev–Trinajstić information content (AvgIpc) is 2.46. The van der Waals surface area contributed by atoms with E-state index in [1.165, 1.54) is 25.7 Å². The number of urea groups is 1. The van der Waals surface area contributed by atoms with Gasteiger partial charge in [0.15, 0.2) is 0 Å². The van der Waals surface area contributed by atoms with Crippen molar-refractivity contribution in [3.05, 3.63) is 24.3 Å². The summed E-state index contributed by atoms with van der Waals surface area (Å²) < 4.78 is 0. The number of piperidine rings is 1. The van der Waals surface area contributed by atoms with Crippen LogP contribution in [0.1, 0.15) is 38.5 Å². The number of carbonyl (C=O) groups is 1. The number of nitrogens with one attached hydrogen (secondary N) is 1. The number of nitrogen functional groups attached to an aromatic ring is 1. The fourth-order valence-corrected chi connectivity index (χ4v) is 3.69. The molecular formula is C16H23N3O. The molecule has 2 atom stereocenters. The zero-order valence-electron chi connectivity index (χ0n) is 11.8. The van der Waals surface area contributed by atoms with Crippen LogP contribution in [0.25, 0.3) is 0 Å². The lowest BCUT2D eigenvalue weighted by atomic mass is 9.78. The summed E-state index contributed by atoms with van der Waals surface area (Å²) in [7, 11) is 0. The molecule has 1 aromatic rings. The molecule has 1 saturated carbocycles. The number of hydrogen-bond acceptors (Lipinski definition) is 2. The van der Waals surface area contributed by atoms with E-state index in [0.717, 1.165) is 25.1 Å². The Labute approximate surface area is 120 Å². The summed E-state index contributed by atoms with van der Waals surface area (Å²) in [4.78, 5) is 14.6. The van der Waals surface area contributed by atoms with Gasteiger partial charge in [-0.2, -0.15) is 0 Å². The monoisotopic (exact) mass is 273 g/mol. The number of likely N-dealkylation sites (tertiary alicyclic amines) is 1. The van der Waals surface area contributed by atoms with Gasteiger partial charge in [0.2, 0.25) is 0 Å². The van der Waals surface area contributed by atoms with Crippen LogP contribution in [0.15, 0.2) is 24.3 Å². The number of nitrogens with zero attached hydrogens (tertiary/aromatic N) is 1. The number of hydrogen-bond donors (Lipinski definition) is 2. The van der Waals surface area contributed by atoms with E-state index in [9.17, 15) is 4.79 Å². The molecule has 3 N–H and O–H groups in total. The van der Waals surface area contributed by atoms with Crippen molar-refractivity contribution < 1.29 is 4.79 Å². The second-order valence-electron chi connectivity index (χ2n) is 6.00. The average molecular weight is 273 g/mol. The number of fused-ring (bicyclic) bond motifs is 1. The van der Waals surface area contributed by atoms with Crippen molar-refractivity contribution in [2.45, 2.75) is 44.6 Å². The van der Waals surface area contributed by atoms with E-state index in [2.05, 4.69) is 10.2 Å². The van der Waals surface area contributed by atoms with Gasteiger partial charge in [-0.3, -0.25) is 0 Å². The highest BCUT2D eigenvalue weighted by Gasteiger charge is 2.35. The number of benzene rings is 1. The summed E-state index contributed by atoms with van der Waals surface area (Å²) in [6, 6.07) is 7.86. The highest BCUT2D eigenvalue weighted by Crippen LogP contribution is 2.35. The first kappa shape index (κ1) is 13.3. The molecule has 2 fully saturated rings. The quantitative estimate of drug-likeness (QED) is 0.770. The fourth-order valence-electron chi connectivity index (χ4n) is 3.69. The van der Waals surface area contributed by atoms with Crippen molar-refractivity contribution in [2.75, 3.05) is 17.6 Å². The number of carbonyl (C=O) groups excluding carboxylic acids is 1. The standard InChI is InChI=1S/C16H23N3O/c17-13-7-3-8-14(11-13)18-16(20)19-10-4-6-12-5-1-2-9-15(12)19/h3,7-8,11-12,15H,1-2,4-6,9-10,17H2,(H,18,20). The molecule has 1 saturated heterocycles. The molecular weight excluding hydrogens is 250 g/mol. The Hall–Kier alpha value is -1.71. The lowest BCUT2D eigenvalue weighted by Gasteiger charge is -2.44. The van der Waals surface area contributed by atoms with Crippen LogP contribution in [0.3, 0.4) is 0 Å². The Balaban J connectivity index is 1.69. The summed E-state index contributed by atoms with van der Waals surface area (Å²) >= 11 is 0. The Morgan fingerprint density at radius 2 is 2.00 bits per heavy atom. The van der Waals surface area contributed by atoms with Crippen molar-refractivity contribution in [3.8, 4) is 0 Å². The molecule has 0 spiro atoms. The molecule has 4 nitrogen and oxygen atoms in total. The van der Waals surface area contributed by atoms with Crippen molar-refractivity contribution in [1.29, 1.82) is 0 Å². The van der Waals surface area contributed by atoms with E-state index < -0.39 is 0 Å². The van der Waals surface area contributed by atoms with Crippen LogP contribution >= 0.6 is 0 Å². The predicted molar refractivity (Wildman–Crippen MR) is 81.6 cm³/mol. The lowest BCUT2D eigenvalue weighted by molar-refractivity contribution is 0.0909. The van der Waals surface area contributed by atoms with Crippen molar-refractivity contribution in [3.63, 3.8) is 0 Å². The van der Waals surface area contributed by atoms with Crippen LogP contribution in [0.4, 0.5) is 16.2 Å². The largest absolute Gasteiger partial charge is 0.399 e. The number of nitrogens with two attached hydrogens (primary N) is 1. The maximum absolute atomic E-state index is 12.5. The second-order valence-corrected chi connectivity index (χ2v) is 6.00. The number of anilines is 2. The van der Waals surface area contributed by atoms with Gasteiger partial charge in [-0.05, 0) is 49.8 Å². The molecule has 2 aliphatic rings. The number of amides is 2. The van der Waals surface area contributed by atoms with Crippen LogP contribution in [-0.2, 0) is 0 Å². The van der Waals surface area contributed by atoms with E-state index in [0.29, 0.717) is 17.6 Å². The van der Waals surface area contributed by atoms with Gasteiger partial charge in [0.25, 0.3) is 0 Å². The van der Waals surface area contributed by atoms with Crippen molar-refractivity contribution in [1.82, 2.24) is 4.90 Å². The smallest absolute Gasteiger partial charge is 0.322 e. The minimum atomic E-state index is 0.0344. The molecule has 1 aliphatic carbocycles. The third-order valence-corrected chi connectivity index (χ3v) is 4.64. The molecule has 108 valence electrons. The minimum Gasteiger partial charge on any atom is -0.399 e. The van der Waals surface area contributed by atoms with Crippen LogP contribution in [0.2, 0.25) is 0 Å². The molecule has 0 aromatic heterocycles. The van der Waals surface area contributed by atoms with Gasteiger partial charge in [0, 0.05) is 24.0 Å². The zero-order chi connectivity index (χ0) is 13.9. The molecule has 2 amide bonds. The molecule has 2 unspecified atom stereocenters. The normalized spacial score (nSPS) is 25.9. The molecule has 0 bridgehead atoms. The van der Waals surface area contributed by atoms with E-state index in [-0.39, 0.29) is 6.03 Å². The van der Waals surface area contributed by atoms with Crippen molar-refractivity contribution >= 4 is 17.4 Å². The Morgan fingerprint density at radius 3 is 2.85 bits per heavy atom. The van der Waals surface area contributed by atoms with E-state index >= 15 is 0 Å². The van der Waals surface area contributed by atoms with Crippen LogP contribution < -0.4 is 11.1 Å². The first-order valence-electron chi connectivity index (χ1n) is 7.67. The van der Waals surface area contributed by atoms with Gasteiger partial charge in [-0.15, -0.1) is 0 Å². The zero-order valence-corrected chi connectivity index (χ0v) is 11.8. The summed E-state index contributed by atoms with van der Waals surface area (Å²) in [6.45, 7) is 0.884. The maximum Gasteiger partial charge on any atom is 0.322 e. The second kappa shape index (κ2) is 5.73. The number of rotatable bonds is 1. The first-order chi connectivity index (χ1) is 9.74. The molecule has 20 heavy (non-hydrogen) atoms.